The van der Waals surface area contributed by atoms with Crippen LogP contribution in [-0.4, -0.2) is 53.5 Å². The lowest BCUT2D eigenvalue weighted by Crippen LogP contribution is -2.45. The number of esters is 1. The fraction of sp³-hybridized carbons (Fsp3) is 0.700. The highest BCUT2D eigenvalue weighted by molar-refractivity contribution is 5.91. The van der Waals surface area contributed by atoms with Crippen LogP contribution in [0.4, 0.5) is 0 Å². The number of rotatable bonds is 2. The van der Waals surface area contributed by atoms with Crippen molar-refractivity contribution in [2.24, 2.45) is 11.8 Å². The van der Waals surface area contributed by atoms with Crippen molar-refractivity contribution in [3.63, 3.8) is 0 Å². The fourth-order valence-electron chi connectivity index (χ4n) is 3.18. The summed E-state index contributed by atoms with van der Waals surface area (Å²) in [4.78, 5) is 24.3. The van der Waals surface area contributed by atoms with Gasteiger partial charge in [-0.2, -0.15) is 0 Å². The number of allylic oxidation sites excluding steroid dienone is 3. The van der Waals surface area contributed by atoms with E-state index in [2.05, 4.69) is 0 Å². The van der Waals surface area contributed by atoms with Gasteiger partial charge in [0, 0.05) is 19.4 Å². The molecule has 0 aromatic rings. The fourth-order valence-corrected chi connectivity index (χ4v) is 3.18. The summed E-state index contributed by atoms with van der Waals surface area (Å²) in [5, 5.41) is 21.0. The zero-order valence-corrected chi connectivity index (χ0v) is 16.1. The van der Waals surface area contributed by atoms with E-state index in [-0.39, 0.29) is 30.1 Å². The topological polar surface area (TPSA) is 93.1 Å². The lowest BCUT2D eigenvalue weighted by Gasteiger charge is -2.32. The van der Waals surface area contributed by atoms with Crippen LogP contribution in [0.1, 0.15) is 46.5 Å². The minimum atomic E-state index is -1.18. The van der Waals surface area contributed by atoms with Gasteiger partial charge in [-0.1, -0.05) is 38.5 Å². The van der Waals surface area contributed by atoms with Gasteiger partial charge in [0.15, 0.2) is 5.78 Å². The lowest BCUT2D eigenvalue weighted by atomic mass is 9.83. The molecule has 1 heterocycles. The molecule has 0 aliphatic carbocycles. The Kier molecular flexibility index (Phi) is 9.76. The van der Waals surface area contributed by atoms with Gasteiger partial charge in [-0.15, -0.1) is 0 Å². The molecule has 6 nitrogen and oxygen atoms in total. The number of carbonyl (C=O) groups is 2. The zero-order chi connectivity index (χ0) is 19.7. The van der Waals surface area contributed by atoms with E-state index < -0.39 is 24.3 Å². The molecule has 0 aromatic heterocycles. The van der Waals surface area contributed by atoms with Crippen molar-refractivity contribution in [1.29, 1.82) is 0 Å². The number of methoxy groups -OCH3 is 1. The van der Waals surface area contributed by atoms with Crippen LogP contribution >= 0.6 is 0 Å². The van der Waals surface area contributed by atoms with Crippen molar-refractivity contribution < 1.29 is 29.3 Å². The molecule has 0 radical (unpaired) electrons. The van der Waals surface area contributed by atoms with Gasteiger partial charge in [-0.3, -0.25) is 9.59 Å². The van der Waals surface area contributed by atoms with Gasteiger partial charge < -0.3 is 19.7 Å². The second-order valence-corrected chi connectivity index (χ2v) is 6.99. The molecule has 1 aliphatic rings. The van der Waals surface area contributed by atoms with Gasteiger partial charge >= 0.3 is 5.97 Å². The Bertz CT molecular complexity index is 512. The summed E-state index contributed by atoms with van der Waals surface area (Å²) in [7, 11) is 1.39. The number of hydrogen-bond acceptors (Lipinski definition) is 6. The molecule has 0 bridgehead atoms. The third-order valence-electron chi connectivity index (χ3n) is 4.82. The van der Waals surface area contributed by atoms with Crippen LogP contribution in [0.3, 0.4) is 0 Å². The number of ether oxygens (including phenoxy) is 2. The molecule has 0 unspecified atom stereocenters. The van der Waals surface area contributed by atoms with Crippen LogP contribution in [0.2, 0.25) is 0 Å². The summed E-state index contributed by atoms with van der Waals surface area (Å²) in [5.41, 5.74) is 0. The summed E-state index contributed by atoms with van der Waals surface area (Å²) in [5.74, 6) is -1.04. The highest BCUT2D eigenvalue weighted by Gasteiger charge is 2.35. The summed E-state index contributed by atoms with van der Waals surface area (Å²) in [6.07, 6.45) is 4.67. The van der Waals surface area contributed by atoms with E-state index in [4.69, 9.17) is 9.47 Å². The number of aliphatic hydroxyl groups excluding tert-OH is 2. The van der Waals surface area contributed by atoms with Crippen LogP contribution < -0.4 is 0 Å². The maximum absolute atomic E-state index is 12.2. The third-order valence-corrected chi connectivity index (χ3v) is 4.82. The average molecular weight is 368 g/mol. The number of cyclic esters (lactones) is 1. The van der Waals surface area contributed by atoms with Gasteiger partial charge in [-0.25, -0.2) is 0 Å². The Morgan fingerprint density at radius 2 is 1.92 bits per heavy atom. The molecular weight excluding hydrogens is 336 g/mol. The van der Waals surface area contributed by atoms with Gasteiger partial charge in [0.25, 0.3) is 0 Å². The van der Waals surface area contributed by atoms with Crippen molar-refractivity contribution in [2.45, 2.75) is 70.9 Å². The van der Waals surface area contributed by atoms with E-state index >= 15 is 0 Å². The number of carbonyl (C=O) groups excluding carboxylic acids is 2. The third kappa shape index (κ3) is 7.02. The first-order valence-corrected chi connectivity index (χ1v) is 9.25. The second-order valence-electron chi connectivity index (χ2n) is 6.99. The van der Waals surface area contributed by atoms with Gasteiger partial charge in [0.05, 0.1) is 18.6 Å². The smallest absolute Gasteiger partial charge is 0.308 e. The predicted molar refractivity (Wildman–Crippen MR) is 98.4 cm³/mol. The van der Waals surface area contributed by atoms with Crippen LogP contribution in [0.25, 0.3) is 0 Å². The first kappa shape index (κ1) is 22.5. The largest absolute Gasteiger partial charge is 0.462 e. The molecule has 0 spiro atoms. The van der Waals surface area contributed by atoms with Crippen LogP contribution in [0.5, 0.6) is 0 Å². The van der Waals surface area contributed by atoms with Crippen molar-refractivity contribution in [3.05, 3.63) is 24.3 Å². The monoisotopic (exact) mass is 368 g/mol. The normalized spacial score (nSPS) is 37.8. The summed E-state index contributed by atoms with van der Waals surface area (Å²) < 4.78 is 10.5. The molecule has 0 aromatic carbocycles. The first-order chi connectivity index (χ1) is 12.3. The molecule has 1 rings (SSSR count). The maximum Gasteiger partial charge on any atom is 0.308 e. The molecule has 0 saturated heterocycles. The van der Waals surface area contributed by atoms with Crippen molar-refractivity contribution in [3.8, 4) is 0 Å². The molecule has 2 N–H and O–H groups in total. The zero-order valence-electron chi connectivity index (χ0n) is 16.1. The summed E-state index contributed by atoms with van der Waals surface area (Å²) in [6.45, 7) is 5.49. The van der Waals surface area contributed by atoms with E-state index in [1.165, 1.54) is 13.2 Å². The van der Waals surface area contributed by atoms with E-state index in [0.29, 0.717) is 19.3 Å². The Morgan fingerprint density at radius 3 is 2.54 bits per heavy atom. The Morgan fingerprint density at radius 1 is 1.23 bits per heavy atom. The number of ketones is 1. The molecule has 148 valence electrons. The van der Waals surface area contributed by atoms with Crippen molar-refractivity contribution >= 4 is 11.8 Å². The Hall–Kier alpha value is -1.50. The quantitative estimate of drug-likeness (QED) is 0.726. The van der Waals surface area contributed by atoms with Crippen LogP contribution in [-0.2, 0) is 19.1 Å². The Labute approximate surface area is 155 Å². The molecule has 26 heavy (non-hydrogen) atoms. The number of hydrogen-bond donors (Lipinski definition) is 2. The lowest BCUT2D eigenvalue weighted by molar-refractivity contribution is -0.156. The van der Waals surface area contributed by atoms with Gasteiger partial charge in [0.1, 0.15) is 12.2 Å². The highest BCUT2D eigenvalue weighted by atomic mass is 16.5. The molecule has 0 saturated carbocycles. The van der Waals surface area contributed by atoms with E-state index in [9.17, 15) is 19.8 Å². The van der Waals surface area contributed by atoms with Gasteiger partial charge in [-0.05, 0) is 25.3 Å². The summed E-state index contributed by atoms with van der Waals surface area (Å²) >= 11 is 0. The molecular formula is C20H32O6. The second kappa shape index (κ2) is 11.3. The SMILES string of the molecule is CC[C@H]1C[C@@H](C)C(=O)/C=C\C=C/C[C@@H](C)OC(=O)C[C@@H](O)[C@H](OC)[C@H]1O. The molecule has 0 amide bonds. The summed E-state index contributed by atoms with van der Waals surface area (Å²) in [6, 6.07) is 0. The van der Waals surface area contributed by atoms with Crippen LogP contribution in [0.15, 0.2) is 24.3 Å². The van der Waals surface area contributed by atoms with Crippen molar-refractivity contribution in [1.82, 2.24) is 0 Å². The minimum absolute atomic E-state index is 0.0126. The molecule has 0 fully saturated rings. The molecule has 1 aliphatic heterocycles. The highest BCUT2D eigenvalue weighted by Crippen LogP contribution is 2.25. The van der Waals surface area contributed by atoms with Crippen LogP contribution in [0, 0.1) is 11.8 Å². The van der Waals surface area contributed by atoms with E-state index in [1.807, 2.05) is 19.9 Å². The van der Waals surface area contributed by atoms with Gasteiger partial charge in [0.2, 0.25) is 0 Å². The predicted octanol–water partition coefficient (Wildman–Crippen LogP) is 2.18. The Balaban J connectivity index is 3.04. The molecule has 6 heteroatoms. The average Bonchev–Trinajstić information content (AvgIpc) is 2.58. The standard InChI is InChI=1S/C20H32O6/c1-5-15-11-13(2)16(21)10-8-6-7-9-14(3)26-18(23)12-17(22)20(25-4)19(15)24/h6-8,10,13-15,17,19-20,22,24H,5,9,11-12H2,1-4H3/b7-6-,10-8-/t13-,14-,15+,17-,19+,20+/m1/s1. The maximum atomic E-state index is 12.2. The number of aliphatic hydroxyl groups is 2. The first-order valence-electron chi connectivity index (χ1n) is 9.25. The minimum Gasteiger partial charge on any atom is -0.462 e. The van der Waals surface area contributed by atoms with E-state index in [0.717, 1.165) is 0 Å². The van der Waals surface area contributed by atoms with E-state index in [1.54, 1.807) is 19.1 Å². The molecule has 6 atom stereocenters. The van der Waals surface area contributed by atoms with Crippen molar-refractivity contribution in [2.75, 3.05) is 7.11 Å².